The predicted molar refractivity (Wildman–Crippen MR) is 69.9 cm³/mol. The van der Waals surface area contributed by atoms with Crippen molar-refractivity contribution in [2.45, 2.75) is 45.4 Å². The monoisotopic (exact) mass is 255 g/mol. The lowest BCUT2D eigenvalue weighted by atomic mass is 10.0. The number of hydrogen-bond acceptors (Lipinski definition) is 3. The summed E-state index contributed by atoms with van der Waals surface area (Å²) in [5, 5.41) is 22.4. The molecule has 1 rings (SSSR count). The Balaban J connectivity index is 2.73. The molecule has 1 aromatic rings. The maximum Gasteiger partial charge on any atom is 0.126 e. The Morgan fingerprint density at radius 1 is 1.39 bits per heavy atom. The minimum absolute atomic E-state index is 0.0313. The summed E-state index contributed by atoms with van der Waals surface area (Å²) in [4.78, 5) is 0. The Hall–Kier alpha value is -0.970. The van der Waals surface area contributed by atoms with Crippen LogP contribution in [-0.2, 0) is 0 Å². The third kappa shape index (κ3) is 3.77. The van der Waals surface area contributed by atoms with Gasteiger partial charge in [0, 0.05) is 12.1 Å². The topological polar surface area (TPSA) is 52.5 Å². The summed E-state index contributed by atoms with van der Waals surface area (Å²) < 4.78 is 13.2. The Kier molecular flexibility index (Phi) is 5.72. The van der Waals surface area contributed by atoms with E-state index < -0.39 is 6.10 Å². The van der Waals surface area contributed by atoms with Crippen molar-refractivity contribution < 1.29 is 14.6 Å². The second-order valence-corrected chi connectivity index (χ2v) is 4.70. The van der Waals surface area contributed by atoms with Crippen LogP contribution in [0.2, 0.25) is 0 Å². The molecule has 0 amide bonds. The van der Waals surface area contributed by atoms with Crippen molar-refractivity contribution in [2.24, 2.45) is 0 Å². The zero-order valence-electron chi connectivity index (χ0n) is 11.2. The number of aryl methyl sites for hydroxylation is 1. The van der Waals surface area contributed by atoms with Crippen molar-refractivity contribution in [2.75, 3.05) is 6.61 Å². The van der Waals surface area contributed by atoms with Gasteiger partial charge in [-0.2, -0.15) is 0 Å². The highest BCUT2D eigenvalue weighted by atomic mass is 19.1. The normalized spacial score (nSPS) is 16.3. The van der Waals surface area contributed by atoms with E-state index in [-0.39, 0.29) is 24.5 Å². The lowest BCUT2D eigenvalue weighted by Gasteiger charge is -2.25. The van der Waals surface area contributed by atoms with Crippen molar-refractivity contribution in [3.63, 3.8) is 0 Å². The molecule has 3 N–H and O–H groups in total. The average molecular weight is 255 g/mol. The van der Waals surface area contributed by atoms with Crippen LogP contribution < -0.4 is 5.32 Å². The van der Waals surface area contributed by atoms with E-state index in [1.165, 1.54) is 6.07 Å². The zero-order valence-corrected chi connectivity index (χ0v) is 11.2. The van der Waals surface area contributed by atoms with E-state index in [9.17, 15) is 9.50 Å². The molecule has 0 heterocycles. The molecule has 0 aliphatic carbocycles. The van der Waals surface area contributed by atoms with Crippen LogP contribution in [0.1, 0.15) is 37.5 Å². The van der Waals surface area contributed by atoms with Crippen molar-refractivity contribution in [3.8, 4) is 0 Å². The van der Waals surface area contributed by atoms with E-state index in [1.54, 1.807) is 19.1 Å². The molecule has 0 fully saturated rings. The molecule has 0 saturated carbocycles. The molecule has 3 atom stereocenters. The molecular formula is C14H22FNO2. The quantitative estimate of drug-likeness (QED) is 0.728. The molecule has 0 saturated heterocycles. The third-order valence-electron chi connectivity index (χ3n) is 3.21. The van der Waals surface area contributed by atoms with Crippen LogP contribution in [0.15, 0.2) is 18.2 Å². The van der Waals surface area contributed by atoms with Gasteiger partial charge in [0.2, 0.25) is 0 Å². The summed E-state index contributed by atoms with van der Waals surface area (Å²) in [6.07, 6.45) is 0.0700. The summed E-state index contributed by atoms with van der Waals surface area (Å²) in [6.45, 7) is 5.53. The molecule has 0 aliphatic rings. The highest BCUT2D eigenvalue weighted by Crippen LogP contribution is 2.20. The van der Waals surface area contributed by atoms with Crippen LogP contribution in [0, 0.1) is 12.7 Å². The first kappa shape index (κ1) is 15.1. The molecule has 3 unspecified atom stereocenters. The summed E-state index contributed by atoms with van der Waals surface area (Å²) in [5.74, 6) is -0.270. The second kappa shape index (κ2) is 6.83. The number of aliphatic hydroxyl groups excluding tert-OH is 2. The Morgan fingerprint density at radius 3 is 2.56 bits per heavy atom. The van der Waals surface area contributed by atoms with Crippen LogP contribution in [0.3, 0.4) is 0 Å². The lowest BCUT2D eigenvalue weighted by Crippen LogP contribution is -2.41. The van der Waals surface area contributed by atoms with Gasteiger partial charge in [-0.3, -0.25) is 0 Å². The summed E-state index contributed by atoms with van der Waals surface area (Å²) in [5.41, 5.74) is 1.20. The first-order valence-electron chi connectivity index (χ1n) is 6.30. The summed E-state index contributed by atoms with van der Waals surface area (Å²) in [6, 6.07) is 4.37. The van der Waals surface area contributed by atoms with Crippen molar-refractivity contribution in [1.29, 1.82) is 0 Å². The minimum atomic E-state index is -0.718. The third-order valence-corrected chi connectivity index (χ3v) is 3.21. The highest BCUT2D eigenvalue weighted by molar-refractivity contribution is 5.26. The largest absolute Gasteiger partial charge is 0.395 e. The molecule has 0 aliphatic heterocycles. The van der Waals surface area contributed by atoms with Gasteiger partial charge in [0.1, 0.15) is 5.82 Å². The number of hydrogen-bond donors (Lipinski definition) is 3. The average Bonchev–Trinajstić information content (AvgIpc) is 2.38. The summed E-state index contributed by atoms with van der Waals surface area (Å²) in [7, 11) is 0. The van der Waals surface area contributed by atoms with E-state index in [1.807, 2.05) is 13.8 Å². The van der Waals surface area contributed by atoms with Gasteiger partial charge in [-0.15, -0.1) is 0 Å². The molecular weight excluding hydrogens is 233 g/mol. The van der Waals surface area contributed by atoms with Gasteiger partial charge in [-0.25, -0.2) is 4.39 Å². The number of rotatable bonds is 6. The minimum Gasteiger partial charge on any atom is -0.395 e. The number of aliphatic hydroxyl groups is 2. The van der Waals surface area contributed by atoms with Crippen LogP contribution in [0.25, 0.3) is 0 Å². The SMILES string of the molecule is CCC(CO)NC(C)C(O)c1ccc(F)c(C)c1. The van der Waals surface area contributed by atoms with Gasteiger partial charge >= 0.3 is 0 Å². The molecule has 0 aromatic heterocycles. The maximum absolute atomic E-state index is 13.2. The van der Waals surface area contributed by atoms with E-state index in [0.717, 1.165) is 6.42 Å². The predicted octanol–water partition coefficient (Wildman–Crippen LogP) is 1.92. The van der Waals surface area contributed by atoms with Crippen molar-refractivity contribution >= 4 is 0 Å². The van der Waals surface area contributed by atoms with Crippen LogP contribution in [0.5, 0.6) is 0 Å². The maximum atomic E-state index is 13.2. The summed E-state index contributed by atoms with van der Waals surface area (Å²) >= 11 is 0. The number of halogens is 1. The highest BCUT2D eigenvalue weighted by Gasteiger charge is 2.19. The Bertz CT molecular complexity index is 380. The zero-order chi connectivity index (χ0) is 13.7. The molecule has 0 bridgehead atoms. The van der Waals surface area contributed by atoms with Crippen LogP contribution in [-0.4, -0.2) is 28.9 Å². The van der Waals surface area contributed by atoms with Gasteiger partial charge in [-0.05, 0) is 37.5 Å². The number of benzene rings is 1. The Labute approximate surface area is 108 Å². The van der Waals surface area contributed by atoms with Gasteiger partial charge in [0.25, 0.3) is 0 Å². The second-order valence-electron chi connectivity index (χ2n) is 4.70. The Morgan fingerprint density at radius 2 is 2.06 bits per heavy atom. The van der Waals surface area contributed by atoms with Gasteiger partial charge in [-0.1, -0.05) is 19.1 Å². The van der Waals surface area contributed by atoms with Gasteiger partial charge in [0.05, 0.1) is 12.7 Å². The molecule has 1 aromatic carbocycles. The van der Waals surface area contributed by atoms with Gasteiger partial charge in [0.15, 0.2) is 0 Å². The van der Waals surface area contributed by atoms with E-state index in [2.05, 4.69) is 5.32 Å². The molecule has 3 nitrogen and oxygen atoms in total. The molecule has 18 heavy (non-hydrogen) atoms. The molecule has 4 heteroatoms. The molecule has 0 spiro atoms. The fraction of sp³-hybridized carbons (Fsp3) is 0.571. The first-order valence-corrected chi connectivity index (χ1v) is 6.30. The van der Waals surface area contributed by atoms with Gasteiger partial charge < -0.3 is 15.5 Å². The van der Waals surface area contributed by atoms with Crippen molar-refractivity contribution in [3.05, 3.63) is 35.1 Å². The van der Waals surface area contributed by atoms with Crippen LogP contribution >= 0.6 is 0 Å². The van der Waals surface area contributed by atoms with E-state index >= 15 is 0 Å². The van der Waals surface area contributed by atoms with E-state index in [4.69, 9.17) is 5.11 Å². The number of nitrogens with one attached hydrogen (secondary N) is 1. The fourth-order valence-corrected chi connectivity index (χ4v) is 1.90. The van der Waals surface area contributed by atoms with Crippen molar-refractivity contribution in [1.82, 2.24) is 5.32 Å². The molecule has 0 radical (unpaired) electrons. The van der Waals surface area contributed by atoms with Crippen LogP contribution in [0.4, 0.5) is 4.39 Å². The fourth-order valence-electron chi connectivity index (χ4n) is 1.90. The lowest BCUT2D eigenvalue weighted by molar-refractivity contribution is 0.118. The molecule has 102 valence electrons. The van der Waals surface area contributed by atoms with E-state index in [0.29, 0.717) is 11.1 Å². The first-order chi connectivity index (χ1) is 8.49. The standard InChI is InChI=1S/C14H22FNO2/c1-4-12(8-17)16-10(3)14(18)11-5-6-13(15)9(2)7-11/h5-7,10,12,14,16-18H,4,8H2,1-3H3. The smallest absolute Gasteiger partial charge is 0.126 e.